The molecule has 126 valence electrons. The van der Waals surface area contributed by atoms with Crippen LogP contribution in [0.1, 0.15) is 16.7 Å². The number of nitrogens with zero attached hydrogens (tertiary/aromatic N) is 2. The Morgan fingerprint density at radius 2 is 1.92 bits per heavy atom. The van der Waals surface area contributed by atoms with E-state index in [0.717, 1.165) is 22.4 Å². The molecule has 25 heavy (non-hydrogen) atoms. The molecule has 0 atom stereocenters. The number of carbonyl (C=O) groups is 1. The van der Waals surface area contributed by atoms with Crippen molar-refractivity contribution in [2.75, 3.05) is 0 Å². The van der Waals surface area contributed by atoms with Crippen molar-refractivity contribution in [2.24, 2.45) is 0 Å². The van der Waals surface area contributed by atoms with Crippen molar-refractivity contribution in [2.45, 2.75) is 25.0 Å². The third-order valence-electron chi connectivity index (χ3n) is 4.67. The minimum atomic E-state index is -1.36. The van der Waals surface area contributed by atoms with Gasteiger partial charge in [0.1, 0.15) is 0 Å². The summed E-state index contributed by atoms with van der Waals surface area (Å²) in [6.07, 6.45) is 6.06. The molecule has 0 saturated heterocycles. The molecule has 1 aliphatic rings. The smallest absolute Gasteiger partial charge is 0.252 e. The fourth-order valence-electron chi connectivity index (χ4n) is 3.34. The summed E-state index contributed by atoms with van der Waals surface area (Å²) in [6, 6.07) is 15.7. The molecular weight excluding hydrogens is 314 g/mol. The van der Waals surface area contributed by atoms with Crippen LogP contribution in [0.4, 0.5) is 0 Å². The number of carbonyl (C=O) groups excluding carboxylic acids is 1. The second kappa shape index (κ2) is 6.18. The molecule has 4 rings (SSSR count). The molecule has 0 bridgehead atoms. The Kier molecular flexibility index (Phi) is 3.86. The normalized spacial score (nSPS) is 14.9. The first kappa shape index (κ1) is 15.6. The first-order chi connectivity index (χ1) is 12.1. The van der Waals surface area contributed by atoms with Gasteiger partial charge in [-0.3, -0.25) is 4.79 Å². The van der Waals surface area contributed by atoms with Gasteiger partial charge in [0.25, 0.3) is 5.91 Å². The number of nitrogens with one attached hydrogen (secondary N) is 1. The third kappa shape index (κ3) is 3.06. The van der Waals surface area contributed by atoms with Crippen molar-refractivity contribution < 1.29 is 9.90 Å². The summed E-state index contributed by atoms with van der Waals surface area (Å²) >= 11 is 0. The second-order valence-electron chi connectivity index (χ2n) is 6.48. The largest absolute Gasteiger partial charge is 0.379 e. The predicted octanol–water partition coefficient (Wildman–Crippen LogP) is 2.02. The fourth-order valence-corrected chi connectivity index (χ4v) is 3.34. The molecular formula is C20H19N3O2. The summed E-state index contributed by atoms with van der Waals surface area (Å²) < 4.78 is 1.91. The van der Waals surface area contributed by atoms with E-state index in [1.807, 2.05) is 59.3 Å². The van der Waals surface area contributed by atoms with Crippen LogP contribution in [0.3, 0.4) is 0 Å². The summed E-state index contributed by atoms with van der Waals surface area (Å²) in [5.41, 5.74) is 2.69. The third-order valence-corrected chi connectivity index (χ3v) is 4.67. The zero-order valence-corrected chi connectivity index (χ0v) is 13.7. The minimum absolute atomic E-state index is 0.322. The Bertz CT molecular complexity index is 878. The number of amides is 1. The highest BCUT2D eigenvalue weighted by Crippen LogP contribution is 2.30. The van der Waals surface area contributed by atoms with E-state index in [2.05, 4.69) is 10.3 Å². The average molecular weight is 333 g/mol. The first-order valence-electron chi connectivity index (χ1n) is 8.29. The van der Waals surface area contributed by atoms with Gasteiger partial charge in [0.2, 0.25) is 0 Å². The monoisotopic (exact) mass is 333 g/mol. The van der Waals surface area contributed by atoms with Crippen molar-refractivity contribution in [3.63, 3.8) is 0 Å². The molecule has 3 aromatic rings. The number of aromatic nitrogens is 2. The van der Waals surface area contributed by atoms with Gasteiger partial charge in [-0.2, -0.15) is 0 Å². The molecule has 1 aliphatic carbocycles. The van der Waals surface area contributed by atoms with Crippen LogP contribution in [0.15, 0.2) is 67.3 Å². The van der Waals surface area contributed by atoms with Crippen LogP contribution < -0.4 is 5.32 Å². The van der Waals surface area contributed by atoms with Crippen molar-refractivity contribution in [3.8, 4) is 5.69 Å². The number of imidazole rings is 1. The van der Waals surface area contributed by atoms with E-state index in [0.29, 0.717) is 19.4 Å². The molecule has 0 unspecified atom stereocenters. The van der Waals surface area contributed by atoms with E-state index in [1.54, 1.807) is 12.5 Å². The average Bonchev–Trinajstić information content (AvgIpc) is 3.27. The lowest BCUT2D eigenvalue weighted by Gasteiger charge is -2.21. The van der Waals surface area contributed by atoms with Crippen LogP contribution in [0, 0.1) is 0 Å². The number of hydrogen-bond donors (Lipinski definition) is 2. The molecule has 0 spiro atoms. The SMILES string of the molecule is O=C(NCc1cccc(-n2ccnc2)c1)C1(O)Cc2ccccc2C1. The molecule has 2 aromatic carbocycles. The quantitative estimate of drug-likeness (QED) is 0.768. The van der Waals surface area contributed by atoms with Gasteiger partial charge in [-0.1, -0.05) is 36.4 Å². The van der Waals surface area contributed by atoms with Crippen LogP contribution in [0.5, 0.6) is 0 Å². The second-order valence-corrected chi connectivity index (χ2v) is 6.48. The Labute approximate surface area is 146 Å². The number of fused-ring (bicyclic) bond motifs is 1. The topological polar surface area (TPSA) is 67.2 Å². The number of rotatable bonds is 4. The highest BCUT2D eigenvalue weighted by Gasteiger charge is 2.41. The van der Waals surface area contributed by atoms with E-state index in [4.69, 9.17) is 0 Å². The van der Waals surface area contributed by atoms with Crippen molar-refractivity contribution in [3.05, 3.63) is 83.9 Å². The van der Waals surface area contributed by atoms with Gasteiger partial charge >= 0.3 is 0 Å². The Morgan fingerprint density at radius 1 is 1.16 bits per heavy atom. The molecule has 0 radical (unpaired) electrons. The molecule has 1 heterocycles. The van der Waals surface area contributed by atoms with Crippen molar-refractivity contribution in [1.82, 2.24) is 14.9 Å². The molecule has 5 heteroatoms. The van der Waals surface area contributed by atoms with Crippen LogP contribution in [0.25, 0.3) is 5.69 Å². The van der Waals surface area contributed by atoms with E-state index in [9.17, 15) is 9.90 Å². The van der Waals surface area contributed by atoms with Crippen molar-refractivity contribution in [1.29, 1.82) is 0 Å². The molecule has 0 aliphatic heterocycles. The van der Waals surface area contributed by atoms with E-state index < -0.39 is 5.60 Å². The fraction of sp³-hybridized carbons (Fsp3) is 0.200. The highest BCUT2D eigenvalue weighted by atomic mass is 16.3. The molecule has 1 amide bonds. The molecule has 1 aromatic heterocycles. The van der Waals surface area contributed by atoms with E-state index in [-0.39, 0.29) is 5.91 Å². The Hall–Kier alpha value is -2.92. The molecule has 5 nitrogen and oxygen atoms in total. The van der Waals surface area contributed by atoms with Gasteiger partial charge in [-0.15, -0.1) is 0 Å². The van der Waals surface area contributed by atoms with Gasteiger partial charge in [-0.05, 0) is 28.8 Å². The predicted molar refractivity (Wildman–Crippen MR) is 94.2 cm³/mol. The summed E-state index contributed by atoms with van der Waals surface area (Å²) in [7, 11) is 0. The summed E-state index contributed by atoms with van der Waals surface area (Å²) in [4.78, 5) is 16.6. The van der Waals surface area contributed by atoms with Crippen LogP contribution >= 0.6 is 0 Å². The lowest BCUT2D eigenvalue weighted by atomic mass is 9.99. The maximum atomic E-state index is 12.5. The summed E-state index contributed by atoms with van der Waals surface area (Å²) in [5.74, 6) is -0.322. The molecule has 0 saturated carbocycles. The first-order valence-corrected chi connectivity index (χ1v) is 8.29. The van der Waals surface area contributed by atoms with E-state index in [1.165, 1.54) is 0 Å². The van der Waals surface area contributed by atoms with Gasteiger partial charge in [0.05, 0.1) is 6.33 Å². The Morgan fingerprint density at radius 3 is 2.60 bits per heavy atom. The molecule has 0 fully saturated rings. The van der Waals surface area contributed by atoms with E-state index >= 15 is 0 Å². The summed E-state index contributed by atoms with van der Waals surface area (Å²) in [5, 5.41) is 13.6. The zero-order valence-electron chi connectivity index (χ0n) is 13.7. The number of hydrogen-bond acceptors (Lipinski definition) is 3. The minimum Gasteiger partial charge on any atom is -0.379 e. The standard InChI is InChI=1S/C20H19N3O2/c24-19(20(25)11-16-5-1-2-6-17(16)12-20)22-13-15-4-3-7-18(10-15)23-9-8-21-14-23/h1-10,14,25H,11-13H2,(H,22,24). The molecule has 2 N–H and O–H groups in total. The lowest BCUT2D eigenvalue weighted by molar-refractivity contribution is -0.139. The number of benzene rings is 2. The van der Waals surface area contributed by atoms with Gasteiger partial charge < -0.3 is 15.0 Å². The number of aliphatic hydroxyl groups is 1. The van der Waals surface area contributed by atoms with Crippen LogP contribution in [-0.2, 0) is 24.2 Å². The van der Waals surface area contributed by atoms with Gasteiger partial charge in [0.15, 0.2) is 5.60 Å². The van der Waals surface area contributed by atoms with Crippen molar-refractivity contribution >= 4 is 5.91 Å². The maximum Gasteiger partial charge on any atom is 0.252 e. The zero-order chi connectivity index (χ0) is 17.3. The Balaban J connectivity index is 1.44. The lowest BCUT2D eigenvalue weighted by Crippen LogP contribution is -2.47. The maximum absolute atomic E-state index is 12.5. The van der Waals surface area contributed by atoms with Gasteiger partial charge in [0, 0.05) is 37.5 Å². The van der Waals surface area contributed by atoms with Gasteiger partial charge in [-0.25, -0.2) is 4.98 Å². The highest BCUT2D eigenvalue weighted by molar-refractivity contribution is 5.86. The van der Waals surface area contributed by atoms with Crippen LogP contribution in [-0.4, -0.2) is 26.2 Å². The van der Waals surface area contributed by atoms with Crippen LogP contribution in [0.2, 0.25) is 0 Å². The summed E-state index contributed by atoms with van der Waals surface area (Å²) in [6.45, 7) is 0.375.